The highest BCUT2D eigenvalue weighted by Gasteiger charge is 2.14. The van der Waals surface area contributed by atoms with Gasteiger partial charge in [0.05, 0.1) is 6.42 Å². The number of carbonyl (C=O) groups is 1. The minimum Gasteiger partial charge on any atom is -0.401 e. The summed E-state index contributed by atoms with van der Waals surface area (Å²) in [5.41, 5.74) is 1.22. The first kappa shape index (κ1) is 15.9. The minimum absolute atomic E-state index is 0.00351. The van der Waals surface area contributed by atoms with Crippen LogP contribution in [0.15, 0.2) is 40.9 Å². The van der Waals surface area contributed by atoms with Crippen molar-refractivity contribution in [3.63, 3.8) is 0 Å². The standard InChI is InChI=1S/C16H16FN5O2/c1-10(2)22-8-7-13(21-22)15-19-20-16(24-15)18-14(23)9-11-3-5-12(17)6-4-11/h3-8,10H,9H2,1-2H3,(H,18,20,23). The molecule has 24 heavy (non-hydrogen) atoms. The fourth-order valence-corrected chi connectivity index (χ4v) is 2.07. The lowest BCUT2D eigenvalue weighted by Crippen LogP contribution is -2.14. The zero-order chi connectivity index (χ0) is 17.1. The SMILES string of the molecule is CC(C)n1ccc(-c2nnc(NC(=O)Cc3ccc(F)cc3)o2)n1. The lowest BCUT2D eigenvalue weighted by molar-refractivity contribution is -0.115. The quantitative estimate of drug-likeness (QED) is 0.778. The molecule has 0 unspecified atom stereocenters. The first-order valence-electron chi connectivity index (χ1n) is 7.44. The molecule has 8 heteroatoms. The van der Waals surface area contributed by atoms with E-state index in [1.54, 1.807) is 22.9 Å². The molecule has 1 N–H and O–H groups in total. The van der Waals surface area contributed by atoms with Crippen molar-refractivity contribution in [2.75, 3.05) is 5.32 Å². The summed E-state index contributed by atoms with van der Waals surface area (Å²) in [7, 11) is 0. The zero-order valence-electron chi connectivity index (χ0n) is 13.2. The predicted molar refractivity (Wildman–Crippen MR) is 84.6 cm³/mol. The van der Waals surface area contributed by atoms with E-state index in [2.05, 4.69) is 20.6 Å². The molecule has 1 amide bonds. The Balaban J connectivity index is 1.64. The van der Waals surface area contributed by atoms with Crippen LogP contribution in [0, 0.1) is 5.82 Å². The van der Waals surface area contributed by atoms with Gasteiger partial charge in [-0.15, -0.1) is 5.10 Å². The molecule has 0 aliphatic carbocycles. The van der Waals surface area contributed by atoms with E-state index in [1.165, 1.54) is 12.1 Å². The topological polar surface area (TPSA) is 85.8 Å². The second-order valence-corrected chi connectivity index (χ2v) is 5.54. The fourth-order valence-electron chi connectivity index (χ4n) is 2.07. The zero-order valence-corrected chi connectivity index (χ0v) is 13.2. The van der Waals surface area contributed by atoms with E-state index in [1.807, 2.05) is 20.0 Å². The number of carbonyl (C=O) groups excluding carboxylic acids is 1. The third-order valence-electron chi connectivity index (χ3n) is 3.31. The monoisotopic (exact) mass is 329 g/mol. The number of nitrogens with one attached hydrogen (secondary N) is 1. The Kier molecular flexibility index (Phi) is 4.37. The molecule has 0 fully saturated rings. The summed E-state index contributed by atoms with van der Waals surface area (Å²) in [6.45, 7) is 4.01. The summed E-state index contributed by atoms with van der Waals surface area (Å²) < 4.78 is 20.0. The first-order chi connectivity index (χ1) is 11.5. The van der Waals surface area contributed by atoms with Crippen LogP contribution in [0.1, 0.15) is 25.5 Å². The lowest BCUT2D eigenvalue weighted by atomic mass is 10.1. The summed E-state index contributed by atoms with van der Waals surface area (Å²) in [5, 5.41) is 14.5. The van der Waals surface area contributed by atoms with Crippen molar-refractivity contribution in [2.45, 2.75) is 26.3 Å². The number of benzene rings is 1. The van der Waals surface area contributed by atoms with E-state index in [-0.39, 0.29) is 36.1 Å². The van der Waals surface area contributed by atoms with Crippen LogP contribution in [-0.2, 0) is 11.2 Å². The third kappa shape index (κ3) is 3.65. The van der Waals surface area contributed by atoms with Crippen molar-refractivity contribution < 1.29 is 13.6 Å². The van der Waals surface area contributed by atoms with Gasteiger partial charge in [0.2, 0.25) is 5.91 Å². The van der Waals surface area contributed by atoms with E-state index in [4.69, 9.17) is 4.42 Å². The number of hydrogen-bond acceptors (Lipinski definition) is 5. The van der Waals surface area contributed by atoms with E-state index in [0.29, 0.717) is 11.3 Å². The molecule has 3 rings (SSSR count). The molecule has 0 aliphatic heterocycles. The van der Waals surface area contributed by atoms with Crippen LogP contribution in [-0.4, -0.2) is 25.9 Å². The van der Waals surface area contributed by atoms with E-state index in [9.17, 15) is 9.18 Å². The molecule has 1 aromatic carbocycles. The van der Waals surface area contributed by atoms with Crippen molar-refractivity contribution in [1.82, 2.24) is 20.0 Å². The van der Waals surface area contributed by atoms with E-state index in [0.717, 1.165) is 0 Å². The van der Waals surface area contributed by atoms with Crippen molar-refractivity contribution in [3.05, 3.63) is 47.9 Å². The van der Waals surface area contributed by atoms with Gasteiger partial charge in [-0.3, -0.25) is 14.8 Å². The van der Waals surface area contributed by atoms with Crippen LogP contribution in [0.25, 0.3) is 11.6 Å². The maximum absolute atomic E-state index is 12.8. The van der Waals surface area contributed by atoms with Gasteiger partial charge in [0.1, 0.15) is 11.5 Å². The number of hydrogen-bond donors (Lipinski definition) is 1. The van der Waals surface area contributed by atoms with Gasteiger partial charge >= 0.3 is 6.01 Å². The van der Waals surface area contributed by atoms with Gasteiger partial charge in [-0.25, -0.2) is 4.39 Å². The largest absolute Gasteiger partial charge is 0.401 e. The fraction of sp³-hybridized carbons (Fsp3) is 0.250. The first-order valence-corrected chi connectivity index (χ1v) is 7.44. The van der Waals surface area contributed by atoms with Gasteiger partial charge in [-0.1, -0.05) is 17.2 Å². The Morgan fingerprint density at radius 2 is 2.00 bits per heavy atom. The van der Waals surface area contributed by atoms with Gasteiger partial charge in [0.15, 0.2) is 0 Å². The minimum atomic E-state index is -0.346. The molecule has 0 saturated heterocycles. The molecule has 0 atom stereocenters. The summed E-state index contributed by atoms with van der Waals surface area (Å²) in [6.07, 6.45) is 1.90. The number of anilines is 1. The van der Waals surface area contributed by atoms with Crippen LogP contribution in [0.3, 0.4) is 0 Å². The van der Waals surface area contributed by atoms with Gasteiger partial charge in [-0.2, -0.15) is 5.10 Å². The molecule has 3 aromatic rings. The Morgan fingerprint density at radius 3 is 2.67 bits per heavy atom. The molecule has 0 radical (unpaired) electrons. The van der Waals surface area contributed by atoms with Crippen LogP contribution in [0.4, 0.5) is 10.4 Å². The van der Waals surface area contributed by atoms with E-state index < -0.39 is 0 Å². The van der Waals surface area contributed by atoms with Gasteiger partial charge in [-0.05, 0) is 37.6 Å². The van der Waals surface area contributed by atoms with Crippen LogP contribution in [0.2, 0.25) is 0 Å². The van der Waals surface area contributed by atoms with Crippen LogP contribution < -0.4 is 5.32 Å². The van der Waals surface area contributed by atoms with Crippen molar-refractivity contribution in [2.24, 2.45) is 0 Å². The Morgan fingerprint density at radius 1 is 1.25 bits per heavy atom. The molecule has 0 saturated carbocycles. The third-order valence-corrected chi connectivity index (χ3v) is 3.31. The normalized spacial score (nSPS) is 11.0. The molecule has 7 nitrogen and oxygen atoms in total. The van der Waals surface area contributed by atoms with Gasteiger partial charge in [0, 0.05) is 12.2 Å². The summed E-state index contributed by atoms with van der Waals surface area (Å²) in [6, 6.07) is 7.68. The molecule has 124 valence electrons. The Hall–Kier alpha value is -3.03. The van der Waals surface area contributed by atoms with Crippen LogP contribution >= 0.6 is 0 Å². The number of rotatable bonds is 5. The smallest absolute Gasteiger partial charge is 0.322 e. The highest BCUT2D eigenvalue weighted by molar-refractivity contribution is 5.90. The van der Waals surface area contributed by atoms with Crippen molar-refractivity contribution in [3.8, 4) is 11.6 Å². The lowest BCUT2D eigenvalue weighted by Gasteiger charge is -2.02. The highest BCUT2D eigenvalue weighted by Crippen LogP contribution is 2.19. The summed E-state index contributed by atoms with van der Waals surface area (Å²) in [5.74, 6) is -0.447. The molecule has 0 bridgehead atoms. The summed E-state index contributed by atoms with van der Waals surface area (Å²) >= 11 is 0. The van der Waals surface area contributed by atoms with Gasteiger partial charge in [0.25, 0.3) is 5.89 Å². The number of aromatic nitrogens is 4. The molecule has 0 aliphatic rings. The number of amides is 1. The highest BCUT2D eigenvalue weighted by atomic mass is 19.1. The molecule has 2 heterocycles. The number of nitrogens with zero attached hydrogens (tertiary/aromatic N) is 4. The average molecular weight is 329 g/mol. The molecular formula is C16H16FN5O2. The van der Waals surface area contributed by atoms with Gasteiger partial charge < -0.3 is 4.42 Å². The molecule has 0 spiro atoms. The predicted octanol–water partition coefficient (Wildman–Crippen LogP) is 2.83. The second kappa shape index (κ2) is 6.61. The molecular weight excluding hydrogens is 313 g/mol. The summed E-state index contributed by atoms with van der Waals surface area (Å²) in [4.78, 5) is 12.0. The average Bonchev–Trinajstić information content (AvgIpc) is 3.18. The van der Waals surface area contributed by atoms with Crippen molar-refractivity contribution >= 4 is 11.9 Å². The Bertz CT molecular complexity index is 838. The second-order valence-electron chi connectivity index (χ2n) is 5.54. The van der Waals surface area contributed by atoms with Crippen molar-refractivity contribution in [1.29, 1.82) is 0 Å². The van der Waals surface area contributed by atoms with Crippen LogP contribution in [0.5, 0.6) is 0 Å². The molecule has 2 aromatic heterocycles. The Labute approximate surface area is 137 Å². The number of halogens is 1. The maximum atomic E-state index is 12.8. The maximum Gasteiger partial charge on any atom is 0.322 e. The van der Waals surface area contributed by atoms with E-state index >= 15 is 0 Å².